The summed E-state index contributed by atoms with van der Waals surface area (Å²) in [6, 6.07) is 15.3. The van der Waals surface area contributed by atoms with E-state index < -0.39 is 18.1 Å². The summed E-state index contributed by atoms with van der Waals surface area (Å²) in [6.45, 7) is 2.11. The Morgan fingerprint density at radius 2 is 1.62 bits per heavy atom. The number of nitrogens with one attached hydrogen (secondary N) is 2. The number of rotatable bonds is 12. The molecule has 7 nitrogen and oxygen atoms in total. The number of carbonyl (C=O) groups excluding carboxylic acids is 2. The molecule has 0 saturated heterocycles. The summed E-state index contributed by atoms with van der Waals surface area (Å²) in [5.74, 6) is -0.641. The van der Waals surface area contributed by atoms with Crippen LogP contribution in [0.15, 0.2) is 48.5 Å². The molecule has 0 heterocycles. The molecule has 0 saturated carbocycles. The molecule has 0 aromatic heterocycles. The molecule has 1 unspecified atom stereocenters. The molecule has 0 bridgehead atoms. The number of hydrogen-bond acceptors (Lipinski definition) is 5. The van der Waals surface area contributed by atoms with Gasteiger partial charge in [0, 0.05) is 18.4 Å². The maximum atomic E-state index is 12.4. The molecule has 2 atom stereocenters. The van der Waals surface area contributed by atoms with Crippen molar-refractivity contribution in [3.63, 3.8) is 0 Å². The average molecular weight is 485 g/mol. The first kappa shape index (κ1) is 25.6. The Hall–Kier alpha value is -3.00. The number of hydrogen-bond donors (Lipinski definition) is 3. The lowest BCUT2D eigenvalue weighted by atomic mass is 9.98. The Morgan fingerprint density at radius 3 is 2.21 bits per heavy atom. The number of thioether (sulfide) groups is 1. The molecule has 2 aromatic carbocycles. The van der Waals surface area contributed by atoms with Gasteiger partial charge < -0.3 is 20.5 Å². The molecular formula is C26H32N2O5S. The van der Waals surface area contributed by atoms with Crippen LogP contribution < -0.4 is 10.6 Å². The lowest BCUT2D eigenvalue weighted by Crippen LogP contribution is -2.41. The van der Waals surface area contributed by atoms with Crippen molar-refractivity contribution in [2.45, 2.75) is 50.6 Å². The molecule has 1 aliphatic carbocycles. The maximum Gasteiger partial charge on any atom is 0.407 e. The molecule has 3 rings (SSSR count). The van der Waals surface area contributed by atoms with Gasteiger partial charge in [0.25, 0.3) is 0 Å². The van der Waals surface area contributed by atoms with Crippen molar-refractivity contribution < 1.29 is 24.2 Å². The van der Waals surface area contributed by atoms with Gasteiger partial charge in [0.05, 0.1) is 0 Å². The van der Waals surface area contributed by atoms with E-state index in [4.69, 9.17) is 4.74 Å². The van der Waals surface area contributed by atoms with E-state index in [2.05, 4.69) is 34.9 Å². The van der Waals surface area contributed by atoms with E-state index in [0.29, 0.717) is 25.0 Å². The van der Waals surface area contributed by atoms with E-state index in [-0.39, 0.29) is 30.9 Å². The van der Waals surface area contributed by atoms with E-state index >= 15 is 0 Å². The highest BCUT2D eigenvalue weighted by atomic mass is 32.2. The minimum Gasteiger partial charge on any atom is -0.480 e. The third kappa shape index (κ3) is 6.76. The third-order valence-corrected chi connectivity index (χ3v) is 6.64. The Kier molecular flexibility index (Phi) is 9.39. The first-order chi connectivity index (χ1) is 16.4. The first-order valence-corrected chi connectivity index (χ1v) is 12.9. The van der Waals surface area contributed by atoms with Crippen LogP contribution in [0.25, 0.3) is 11.1 Å². The number of benzene rings is 2. The van der Waals surface area contributed by atoms with Crippen molar-refractivity contribution >= 4 is 29.7 Å². The highest BCUT2D eigenvalue weighted by molar-refractivity contribution is 7.98. The van der Waals surface area contributed by atoms with Gasteiger partial charge in [0.1, 0.15) is 12.6 Å². The van der Waals surface area contributed by atoms with Crippen LogP contribution in [-0.4, -0.2) is 53.8 Å². The average Bonchev–Trinajstić information content (AvgIpc) is 3.14. The van der Waals surface area contributed by atoms with Crippen molar-refractivity contribution in [2.75, 3.05) is 18.6 Å². The minimum atomic E-state index is -1.02. The summed E-state index contributed by atoms with van der Waals surface area (Å²) in [5.41, 5.74) is 4.68. The van der Waals surface area contributed by atoms with Gasteiger partial charge in [-0.3, -0.25) is 4.79 Å². The van der Waals surface area contributed by atoms with Crippen LogP contribution in [0.3, 0.4) is 0 Å². The van der Waals surface area contributed by atoms with E-state index in [1.54, 1.807) is 11.8 Å². The quantitative estimate of drug-likeness (QED) is 0.412. The van der Waals surface area contributed by atoms with Gasteiger partial charge in [-0.05, 0) is 60.4 Å². The van der Waals surface area contributed by atoms with Crippen molar-refractivity contribution in [1.29, 1.82) is 0 Å². The number of fused-ring (bicyclic) bond motifs is 3. The van der Waals surface area contributed by atoms with Gasteiger partial charge in [0.2, 0.25) is 5.91 Å². The predicted octanol–water partition coefficient (Wildman–Crippen LogP) is 4.41. The number of alkyl carbamates (subject to hydrolysis) is 1. The molecule has 1 aliphatic rings. The second-order valence-corrected chi connectivity index (χ2v) is 9.49. The topological polar surface area (TPSA) is 105 Å². The van der Waals surface area contributed by atoms with E-state index in [0.717, 1.165) is 11.1 Å². The second-order valence-electron chi connectivity index (χ2n) is 8.50. The van der Waals surface area contributed by atoms with Crippen LogP contribution in [0.2, 0.25) is 0 Å². The van der Waals surface area contributed by atoms with Crippen LogP contribution >= 0.6 is 11.8 Å². The highest BCUT2D eigenvalue weighted by Gasteiger charge is 2.29. The SMILES string of the molecule is CSCC[C@@H](NC(=O)CCCC(C)NC(=O)OCC1c2ccccc2-c2ccccc21)C(=O)O. The normalized spacial score (nSPS) is 13.9. The molecule has 8 heteroatoms. The molecule has 3 N–H and O–H groups in total. The molecule has 0 radical (unpaired) electrons. The van der Waals surface area contributed by atoms with Gasteiger partial charge >= 0.3 is 12.1 Å². The minimum absolute atomic E-state index is 0.00504. The fourth-order valence-corrected chi connectivity index (χ4v) is 4.71. The Morgan fingerprint density at radius 1 is 1.00 bits per heavy atom. The van der Waals surface area contributed by atoms with E-state index in [1.165, 1.54) is 11.1 Å². The largest absolute Gasteiger partial charge is 0.480 e. The molecule has 0 fully saturated rings. The molecular weight excluding hydrogens is 452 g/mol. The molecule has 0 spiro atoms. The number of carbonyl (C=O) groups is 3. The summed E-state index contributed by atoms with van der Waals surface area (Å²) >= 11 is 1.54. The van der Waals surface area contributed by atoms with Crippen LogP contribution in [0.1, 0.15) is 49.7 Å². The summed E-state index contributed by atoms with van der Waals surface area (Å²) < 4.78 is 5.56. The Balaban J connectivity index is 1.41. The zero-order valence-electron chi connectivity index (χ0n) is 19.6. The van der Waals surface area contributed by atoms with Crippen molar-refractivity contribution in [3.05, 3.63) is 59.7 Å². The Bertz CT molecular complexity index is 967. The standard InChI is InChI=1S/C26H32N2O5S/c1-17(8-7-13-24(29)28-23(25(30)31)14-15-34-2)27-26(32)33-16-22-20-11-5-3-9-18(20)19-10-4-6-12-21(19)22/h3-6,9-12,17,22-23H,7-8,13-16H2,1-2H3,(H,27,32)(H,28,29)(H,30,31)/t17?,23-/m1/s1. The smallest absolute Gasteiger partial charge is 0.407 e. The van der Waals surface area contributed by atoms with Gasteiger partial charge in [-0.1, -0.05) is 48.5 Å². The Labute approximate surface area is 204 Å². The van der Waals surface area contributed by atoms with Crippen LogP contribution in [-0.2, 0) is 14.3 Å². The second kappa shape index (κ2) is 12.5. The number of carboxylic acid groups (broad SMARTS) is 1. The van der Waals surface area contributed by atoms with E-state index in [1.807, 2.05) is 37.4 Å². The van der Waals surface area contributed by atoms with E-state index in [9.17, 15) is 19.5 Å². The molecule has 182 valence electrons. The number of ether oxygens (including phenoxy) is 1. The summed E-state index contributed by atoms with van der Waals surface area (Å²) in [6.07, 6.45) is 3.13. The fourth-order valence-electron chi connectivity index (χ4n) is 4.24. The molecule has 34 heavy (non-hydrogen) atoms. The number of carboxylic acids is 1. The molecule has 2 amide bonds. The van der Waals surface area contributed by atoms with Crippen molar-refractivity contribution in [1.82, 2.24) is 10.6 Å². The third-order valence-electron chi connectivity index (χ3n) is 5.99. The zero-order valence-corrected chi connectivity index (χ0v) is 20.4. The number of amides is 2. The van der Waals surface area contributed by atoms with Gasteiger partial charge in [-0.15, -0.1) is 0 Å². The monoisotopic (exact) mass is 484 g/mol. The fraction of sp³-hybridized carbons (Fsp3) is 0.423. The van der Waals surface area contributed by atoms with Gasteiger partial charge in [-0.25, -0.2) is 9.59 Å². The highest BCUT2D eigenvalue weighted by Crippen LogP contribution is 2.44. The van der Waals surface area contributed by atoms with Crippen molar-refractivity contribution in [3.8, 4) is 11.1 Å². The van der Waals surface area contributed by atoms with Crippen molar-refractivity contribution in [2.24, 2.45) is 0 Å². The molecule has 0 aliphatic heterocycles. The van der Waals surface area contributed by atoms with Crippen LogP contribution in [0, 0.1) is 0 Å². The molecule has 2 aromatic rings. The van der Waals surface area contributed by atoms with Gasteiger partial charge in [-0.2, -0.15) is 11.8 Å². The van der Waals surface area contributed by atoms with Gasteiger partial charge in [0.15, 0.2) is 0 Å². The first-order valence-electron chi connectivity index (χ1n) is 11.5. The predicted molar refractivity (Wildman–Crippen MR) is 134 cm³/mol. The number of aliphatic carboxylic acids is 1. The summed E-state index contributed by atoms with van der Waals surface area (Å²) in [4.78, 5) is 35.7. The maximum absolute atomic E-state index is 12.4. The lowest BCUT2D eigenvalue weighted by Gasteiger charge is -2.17. The summed E-state index contributed by atoms with van der Waals surface area (Å²) in [5, 5.41) is 14.6. The lowest BCUT2D eigenvalue weighted by molar-refractivity contribution is -0.141. The zero-order chi connectivity index (χ0) is 24.5. The van der Waals surface area contributed by atoms with Crippen LogP contribution in [0.4, 0.5) is 4.79 Å². The van der Waals surface area contributed by atoms with Crippen LogP contribution in [0.5, 0.6) is 0 Å². The summed E-state index contributed by atoms with van der Waals surface area (Å²) in [7, 11) is 0.